The van der Waals surface area contributed by atoms with Gasteiger partial charge < -0.3 is 4.90 Å². The number of benzene rings is 1. The number of nitrogens with zero attached hydrogens (tertiary/aromatic N) is 5. The summed E-state index contributed by atoms with van der Waals surface area (Å²) in [5.41, 5.74) is 1.31. The van der Waals surface area contributed by atoms with Crippen LogP contribution in [0.5, 0.6) is 0 Å². The summed E-state index contributed by atoms with van der Waals surface area (Å²) in [5, 5.41) is 15.9. The van der Waals surface area contributed by atoms with Crippen LogP contribution in [0.25, 0.3) is 0 Å². The molecule has 1 aliphatic heterocycles. The van der Waals surface area contributed by atoms with Gasteiger partial charge in [0.15, 0.2) is 0 Å². The maximum absolute atomic E-state index is 12.8. The molecule has 0 aliphatic carbocycles. The lowest BCUT2D eigenvalue weighted by Crippen LogP contribution is -2.50. The van der Waals surface area contributed by atoms with Crippen molar-refractivity contribution < 1.29 is 9.72 Å². The Morgan fingerprint density at radius 2 is 1.96 bits per heavy atom. The van der Waals surface area contributed by atoms with Crippen LogP contribution in [-0.4, -0.2) is 56.6 Å². The summed E-state index contributed by atoms with van der Waals surface area (Å²) in [6, 6.07) is 7.19. The molecule has 2 heterocycles. The number of rotatable bonds is 5. The van der Waals surface area contributed by atoms with Crippen molar-refractivity contribution in [2.24, 2.45) is 0 Å². The third-order valence-electron chi connectivity index (χ3n) is 4.88. The van der Waals surface area contributed by atoms with Crippen LogP contribution in [0.15, 0.2) is 30.5 Å². The van der Waals surface area contributed by atoms with E-state index in [0.29, 0.717) is 18.8 Å². The lowest BCUT2D eigenvalue weighted by molar-refractivity contribution is -0.385. The first kappa shape index (κ1) is 19.3. The van der Waals surface area contributed by atoms with Crippen LogP contribution < -0.4 is 0 Å². The molecule has 0 spiro atoms. The SMILES string of the molecule is Cc1nn(C(C)C(=O)N2CCN(Cc3ccccc3Cl)CC2)cc1[N+](=O)[O-]. The van der Waals surface area contributed by atoms with Gasteiger partial charge in [0.2, 0.25) is 5.91 Å². The average molecular weight is 392 g/mol. The first-order valence-electron chi connectivity index (χ1n) is 8.81. The minimum absolute atomic E-state index is 0.0702. The van der Waals surface area contributed by atoms with Gasteiger partial charge in [-0.05, 0) is 25.5 Å². The van der Waals surface area contributed by atoms with Crippen LogP contribution in [0, 0.1) is 17.0 Å². The first-order valence-corrected chi connectivity index (χ1v) is 9.19. The summed E-state index contributed by atoms with van der Waals surface area (Å²) in [6.45, 7) is 6.76. The van der Waals surface area contributed by atoms with Crippen molar-refractivity contribution in [3.05, 3.63) is 56.9 Å². The number of carbonyl (C=O) groups excluding carboxylic acids is 1. The summed E-state index contributed by atoms with van der Waals surface area (Å²) in [4.78, 5) is 27.3. The highest BCUT2D eigenvalue weighted by molar-refractivity contribution is 6.31. The summed E-state index contributed by atoms with van der Waals surface area (Å²) < 4.78 is 1.38. The van der Waals surface area contributed by atoms with Crippen LogP contribution in [0.1, 0.15) is 24.2 Å². The van der Waals surface area contributed by atoms with E-state index in [0.717, 1.165) is 30.2 Å². The average Bonchev–Trinajstić information content (AvgIpc) is 3.05. The Morgan fingerprint density at radius 3 is 2.56 bits per heavy atom. The van der Waals surface area contributed by atoms with E-state index in [4.69, 9.17) is 11.6 Å². The molecule has 1 unspecified atom stereocenters. The van der Waals surface area contributed by atoms with Crippen molar-refractivity contribution in [3.8, 4) is 0 Å². The molecule has 0 saturated carbocycles. The van der Waals surface area contributed by atoms with Gasteiger partial charge in [-0.3, -0.25) is 24.5 Å². The zero-order valence-corrected chi connectivity index (χ0v) is 16.1. The van der Waals surface area contributed by atoms with E-state index in [1.807, 2.05) is 24.3 Å². The number of aromatic nitrogens is 2. The molecule has 0 N–H and O–H groups in total. The van der Waals surface area contributed by atoms with Crippen molar-refractivity contribution in [1.29, 1.82) is 0 Å². The zero-order valence-electron chi connectivity index (χ0n) is 15.3. The molecule has 0 radical (unpaired) electrons. The molecule has 1 aromatic carbocycles. The van der Waals surface area contributed by atoms with E-state index in [1.165, 1.54) is 10.9 Å². The summed E-state index contributed by atoms with van der Waals surface area (Å²) in [6.07, 6.45) is 1.32. The number of nitro groups is 1. The Hall–Kier alpha value is -2.45. The number of piperazine rings is 1. The third kappa shape index (κ3) is 4.28. The fourth-order valence-corrected chi connectivity index (χ4v) is 3.42. The molecule has 8 nitrogen and oxygen atoms in total. The maximum atomic E-state index is 12.8. The van der Waals surface area contributed by atoms with E-state index in [9.17, 15) is 14.9 Å². The van der Waals surface area contributed by atoms with Crippen molar-refractivity contribution in [3.63, 3.8) is 0 Å². The van der Waals surface area contributed by atoms with Gasteiger partial charge in [0.05, 0.1) is 4.92 Å². The normalized spacial score (nSPS) is 16.3. The number of carbonyl (C=O) groups is 1. The molecular formula is C18H22ClN5O3. The Morgan fingerprint density at radius 1 is 1.30 bits per heavy atom. The van der Waals surface area contributed by atoms with Gasteiger partial charge in [0.25, 0.3) is 0 Å². The van der Waals surface area contributed by atoms with Crippen LogP contribution in [0.4, 0.5) is 5.69 Å². The predicted molar refractivity (Wildman–Crippen MR) is 102 cm³/mol. The van der Waals surface area contributed by atoms with E-state index in [1.54, 1.807) is 18.7 Å². The van der Waals surface area contributed by atoms with Gasteiger partial charge in [0, 0.05) is 37.7 Å². The molecule has 1 amide bonds. The van der Waals surface area contributed by atoms with Crippen molar-refractivity contribution in [1.82, 2.24) is 19.6 Å². The standard InChI is InChI=1S/C18H22ClN5O3/c1-13-17(24(26)27)12-23(20-13)14(2)18(25)22-9-7-21(8-10-22)11-15-5-3-4-6-16(15)19/h3-6,12,14H,7-11H2,1-2H3. The van der Waals surface area contributed by atoms with Gasteiger partial charge in [-0.15, -0.1) is 0 Å². The molecule has 1 fully saturated rings. The second kappa shape index (κ2) is 8.06. The fraction of sp³-hybridized carbons (Fsp3) is 0.444. The smallest absolute Gasteiger partial charge is 0.309 e. The molecule has 1 atom stereocenters. The summed E-state index contributed by atoms with van der Waals surface area (Å²) >= 11 is 6.22. The van der Waals surface area contributed by atoms with Crippen LogP contribution in [-0.2, 0) is 11.3 Å². The molecule has 1 saturated heterocycles. The van der Waals surface area contributed by atoms with Gasteiger partial charge in [-0.1, -0.05) is 29.8 Å². The molecule has 0 bridgehead atoms. The molecule has 3 rings (SSSR count). The number of amides is 1. The minimum Gasteiger partial charge on any atom is -0.338 e. The number of aryl methyl sites for hydroxylation is 1. The number of hydrogen-bond acceptors (Lipinski definition) is 5. The molecule has 1 aromatic heterocycles. The Kier molecular flexibility index (Phi) is 5.76. The lowest BCUT2D eigenvalue weighted by Gasteiger charge is -2.36. The van der Waals surface area contributed by atoms with E-state index >= 15 is 0 Å². The van der Waals surface area contributed by atoms with Gasteiger partial charge >= 0.3 is 5.69 Å². The molecule has 144 valence electrons. The fourth-order valence-electron chi connectivity index (χ4n) is 3.22. The maximum Gasteiger partial charge on any atom is 0.309 e. The highest BCUT2D eigenvalue weighted by Crippen LogP contribution is 2.21. The van der Waals surface area contributed by atoms with Crippen LogP contribution in [0.3, 0.4) is 0 Å². The Balaban J connectivity index is 1.59. The lowest BCUT2D eigenvalue weighted by atomic mass is 10.2. The topological polar surface area (TPSA) is 84.5 Å². The highest BCUT2D eigenvalue weighted by atomic mass is 35.5. The Labute approximate surface area is 162 Å². The van der Waals surface area contributed by atoms with E-state index in [2.05, 4.69) is 10.00 Å². The minimum atomic E-state index is -0.576. The van der Waals surface area contributed by atoms with Gasteiger partial charge in [0.1, 0.15) is 17.9 Å². The van der Waals surface area contributed by atoms with Gasteiger partial charge in [-0.25, -0.2) is 0 Å². The highest BCUT2D eigenvalue weighted by Gasteiger charge is 2.28. The molecule has 2 aromatic rings. The third-order valence-corrected chi connectivity index (χ3v) is 5.25. The predicted octanol–water partition coefficient (Wildman–Crippen LogP) is 2.66. The largest absolute Gasteiger partial charge is 0.338 e. The van der Waals surface area contributed by atoms with Crippen LogP contribution >= 0.6 is 11.6 Å². The first-order chi connectivity index (χ1) is 12.9. The molecule has 1 aliphatic rings. The quantitative estimate of drug-likeness (QED) is 0.577. The summed E-state index contributed by atoms with van der Waals surface area (Å²) in [5.74, 6) is -0.0789. The van der Waals surface area contributed by atoms with Crippen molar-refractivity contribution >= 4 is 23.2 Å². The number of hydrogen-bond donors (Lipinski definition) is 0. The van der Waals surface area contributed by atoms with Crippen LogP contribution in [0.2, 0.25) is 5.02 Å². The Bertz CT molecular complexity index is 845. The summed E-state index contributed by atoms with van der Waals surface area (Å²) in [7, 11) is 0. The molecule has 9 heteroatoms. The van der Waals surface area contributed by atoms with E-state index in [-0.39, 0.29) is 11.6 Å². The zero-order chi connectivity index (χ0) is 19.6. The molecular weight excluding hydrogens is 370 g/mol. The van der Waals surface area contributed by atoms with E-state index < -0.39 is 11.0 Å². The van der Waals surface area contributed by atoms with Crippen molar-refractivity contribution in [2.45, 2.75) is 26.4 Å². The molecule has 27 heavy (non-hydrogen) atoms. The second-order valence-electron chi connectivity index (χ2n) is 6.71. The monoisotopic (exact) mass is 391 g/mol. The second-order valence-corrected chi connectivity index (χ2v) is 7.11. The van der Waals surface area contributed by atoms with Crippen molar-refractivity contribution in [2.75, 3.05) is 26.2 Å². The number of halogens is 1. The van der Waals surface area contributed by atoms with Gasteiger partial charge in [-0.2, -0.15) is 5.10 Å².